The van der Waals surface area contributed by atoms with Crippen LogP contribution in [0.5, 0.6) is 5.75 Å². The van der Waals surface area contributed by atoms with Crippen molar-refractivity contribution in [2.24, 2.45) is 0 Å². The molecule has 290 valence electrons. The molecular weight excluding hydrogens is 697 g/mol. The third kappa shape index (κ3) is 10.8. The minimum Gasteiger partial charge on any atom is -0.496 e. The van der Waals surface area contributed by atoms with E-state index in [0.29, 0.717) is 19.8 Å². The van der Waals surface area contributed by atoms with Crippen molar-refractivity contribution in [3.8, 4) is 5.75 Å². The van der Waals surface area contributed by atoms with Gasteiger partial charge in [0.05, 0.1) is 33.0 Å². The van der Waals surface area contributed by atoms with Crippen LogP contribution >= 0.6 is 0 Å². The lowest BCUT2D eigenvalue weighted by molar-refractivity contribution is -0.268. The molecule has 6 nitrogen and oxygen atoms in total. The summed E-state index contributed by atoms with van der Waals surface area (Å²) < 4.78 is 34.2. The van der Waals surface area contributed by atoms with Crippen molar-refractivity contribution in [2.75, 3.05) is 7.11 Å². The number of benzene rings is 6. The van der Waals surface area contributed by atoms with Gasteiger partial charge in [-0.3, -0.25) is 0 Å². The molecule has 1 heterocycles. The fourth-order valence-electron chi connectivity index (χ4n) is 7.47. The lowest BCUT2D eigenvalue weighted by atomic mass is 9.87. The minimum atomic E-state index is -0.484. The summed E-state index contributed by atoms with van der Waals surface area (Å²) in [6, 6.07) is 56.9. The number of methoxy groups -OCH3 is 1. The predicted molar refractivity (Wildman–Crippen MR) is 223 cm³/mol. The second kappa shape index (κ2) is 20.7. The zero-order chi connectivity index (χ0) is 37.7. The van der Waals surface area contributed by atoms with E-state index in [1.807, 2.05) is 42.5 Å². The van der Waals surface area contributed by atoms with Crippen molar-refractivity contribution < 1.29 is 29.2 Å². The topological polar surface area (TPSA) is 77.7 Å². The molecule has 2 N–H and O–H groups in total. The normalized spacial score (nSPS) is 19.2. The number of hydrogen-bond acceptors (Lipinski definition) is 5. The lowest BCUT2D eigenvalue weighted by Gasteiger charge is -2.47. The molecule has 1 aliphatic heterocycles. The van der Waals surface area contributed by atoms with Gasteiger partial charge < -0.3 is 29.2 Å². The Kier molecular flexibility index (Phi) is 15.0. The molecule has 0 radical (unpaired) electrons. The highest BCUT2D eigenvalue weighted by atomic mass is 16.6. The maximum absolute atomic E-state index is 7.32. The molecule has 6 heteroatoms. The van der Waals surface area contributed by atoms with Gasteiger partial charge in [0.1, 0.15) is 30.2 Å². The SMILES string of the molecule is CCc1ccc(Cc2cc([C@@H]3O[C@H](CCc4ccccc4)[C@@H](OCc4ccccc4)[C@H](OCc4ccccc4)[C@H]3OCc3ccccc3)ccc2OC)cc1.O. The van der Waals surface area contributed by atoms with E-state index in [1.54, 1.807) is 7.11 Å². The molecule has 0 amide bonds. The van der Waals surface area contributed by atoms with Crippen molar-refractivity contribution in [2.45, 2.75) is 82.9 Å². The summed E-state index contributed by atoms with van der Waals surface area (Å²) in [5, 5.41) is 0. The van der Waals surface area contributed by atoms with E-state index in [1.165, 1.54) is 16.7 Å². The lowest BCUT2D eigenvalue weighted by Crippen LogP contribution is -2.57. The Morgan fingerprint density at radius 1 is 0.500 bits per heavy atom. The molecule has 56 heavy (non-hydrogen) atoms. The molecule has 0 saturated carbocycles. The second-order valence-corrected chi connectivity index (χ2v) is 14.3. The summed E-state index contributed by atoms with van der Waals surface area (Å²) in [5.41, 5.74) is 9.21. The number of rotatable bonds is 17. The van der Waals surface area contributed by atoms with Crippen LogP contribution in [-0.4, -0.2) is 37.0 Å². The molecule has 0 aromatic heterocycles. The van der Waals surface area contributed by atoms with Crippen molar-refractivity contribution >= 4 is 0 Å². The van der Waals surface area contributed by atoms with E-state index in [4.69, 9.17) is 23.7 Å². The van der Waals surface area contributed by atoms with E-state index in [0.717, 1.165) is 59.3 Å². The Bertz CT molecular complexity index is 2000. The smallest absolute Gasteiger partial charge is 0.122 e. The molecular formula is C50H54O6. The molecule has 1 saturated heterocycles. The van der Waals surface area contributed by atoms with Gasteiger partial charge in [0.25, 0.3) is 0 Å². The highest BCUT2D eigenvalue weighted by Crippen LogP contribution is 2.41. The maximum Gasteiger partial charge on any atom is 0.122 e. The largest absolute Gasteiger partial charge is 0.496 e. The summed E-state index contributed by atoms with van der Waals surface area (Å²) in [4.78, 5) is 0. The van der Waals surface area contributed by atoms with Gasteiger partial charge in [-0.15, -0.1) is 0 Å². The van der Waals surface area contributed by atoms with E-state index < -0.39 is 24.4 Å². The predicted octanol–water partition coefficient (Wildman–Crippen LogP) is 9.85. The second-order valence-electron chi connectivity index (χ2n) is 14.3. The van der Waals surface area contributed by atoms with Crippen LogP contribution in [0.3, 0.4) is 0 Å². The summed E-state index contributed by atoms with van der Waals surface area (Å²) in [6.07, 6.45) is 1.29. The summed E-state index contributed by atoms with van der Waals surface area (Å²) in [5.74, 6) is 0.849. The first-order valence-electron chi connectivity index (χ1n) is 19.6. The van der Waals surface area contributed by atoms with Crippen molar-refractivity contribution in [1.82, 2.24) is 0 Å². The van der Waals surface area contributed by atoms with Crippen molar-refractivity contribution in [3.05, 3.63) is 208 Å². The van der Waals surface area contributed by atoms with E-state index >= 15 is 0 Å². The van der Waals surface area contributed by atoms with Crippen molar-refractivity contribution in [1.29, 1.82) is 0 Å². The Labute approximate surface area is 332 Å². The fourth-order valence-corrected chi connectivity index (χ4v) is 7.47. The van der Waals surface area contributed by atoms with Gasteiger partial charge in [0, 0.05) is 6.42 Å². The average molecular weight is 751 g/mol. The van der Waals surface area contributed by atoms with Crippen LogP contribution in [0.4, 0.5) is 0 Å². The van der Waals surface area contributed by atoms with E-state index in [-0.39, 0.29) is 11.6 Å². The van der Waals surface area contributed by atoms with Crippen LogP contribution in [-0.2, 0) is 58.0 Å². The molecule has 0 bridgehead atoms. The monoisotopic (exact) mass is 750 g/mol. The van der Waals surface area contributed by atoms with Crippen LogP contribution in [0.2, 0.25) is 0 Å². The number of aryl methyl sites for hydroxylation is 2. The molecule has 0 aliphatic carbocycles. The zero-order valence-corrected chi connectivity index (χ0v) is 32.5. The first-order valence-corrected chi connectivity index (χ1v) is 19.6. The van der Waals surface area contributed by atoms with Gasteiger partial charge in [-0.2, -0.15) is 0 Å². The van der Waals surface area contributed by atoms with E-state index in [2.05, 4.69) is 128 Å². The number of hydrogen-bond donors (Lipinski definition) is 0. The quantitative estimate of drug-likeness (QED) is 0.0928. The summed E-state index contributed by atoms with van der Waals surface area (Å²) in [7, 11) is 1.74. The third-order valence-electron chi connectivity index (χ3n) is 10.5. The molecule has 6 aromatic carbocycles. The van der Waals surface area contributed by atoms with Crippen LogP contribution in [0.25, 0.3) is 0 Å². The minimum absolute atomic E-state index is 0. The van der Waals surface area contributed by atoms with Gasteiger partial charge in [0.2, 0.25) is 0 Å². The summed E-state index contributed by atoms with van der Waals surface area (Å²) >= 11 is 0. The molecule has 7 rings (SSSR count). The van der Waals surface area contributed by atoms with Gasteiger partial charge in [-0.1, -0.05) is 159 Å². The Balaban J connectivity index is 0.00000532. The maximum atomic E-state index is 7.32. The molecule has 6 aromatic rings. The van der Waals surface area contributed by atoms with Gasteiger partial charge in [-0.05, 0) is 75.9 Å². The molecule has 1 fully saturated rings. The van der Waals surface area contributed by atoms with Gasteiger partial charge in [-0.25, -0.2) is 0 Å². The van der Waals surface area contributed by atoms with Crippen LogP contribution < -0.4 is 4.74 Å². The zero-order valence-electron chi connectivity index (χ0n) is 32.5. The third-order valence-corrected chi connectivity index (χ3v) is 10.5. The first-order chi connectivity index (χ1) is 27.2. The fraction of sp³-hybridized carbons (Fsp3) is 0.280. The number of ether oxygens (including phenoxy) is 5. The standard InChI is InChI=1S/C50H52O5.H2O/c1-3-37-24-26-39(27-25-37)32-44-33-43(29-31-45(44)51-2)47-49(53-35-41-20-12-6-13-21-41)50(54-36-42-22-14-7-15-23-42)48(52-34-40-18-10-5-11-19-40)46(55-47)30-28-38-16-8-4-9-17-38;/h4-27,29,31,33,46-50H,3,28,30,32,34-36H2,1-2H3;1H2/t46-,47+,48-,49+,50+;/m1./s1. The highest BCUT2D eigenvalue weighted by molar-refractivity contribution is 5.42. The van der Waals surface area contributed by atoms with Crippen LogP contribution in [0.1, 0.15) is 64.0 Å². The summed E-state index contributed by atoms with van der Waals surface area (Å²) in [6.45, 7) is 3.44. The first kappa shape index (κ1) is 40.6. The average Bonchev–Trinajstić information content (AvgIpc) is 3.25. The van der Waals surface area contributed by atoms with Crippen molar-refractivity contribution in [3.63, 3.8) is 0 Å². The van der Waals surface area contributed by atoms with Gasteiger partial charge >= 0.3 is 0 Å². The van der Waals surface area contributed by atoms with Crippen LogP contribution in [0, 0.1) is 0 Å². The molecule has 5 atom stereocenters. The van der Waals surface area contributed by atoms with Crippen LogP contribution in [0.15, 0.2) is 164 Å². The molecule has 1 aliphatic rings. The molecule has 0 spiro atoms. The Morgan fingerprint density at radius 3 is 1.50 bits per heavy atom. The van der Waals surface area contributed by atoms with Gasteiger partial charge in [0.15, 0.2) is 0 Å². The Hall–Kier alpha value is -5.08. The molecule has 0 unspecified atom stereocenters. The van der Waals surface area contributed by atoms with E-state index in [9.17, 15) is 0 Å². The highest BCUT2D eigenvalue weighted by Gasteiger charge is 2.48. The Morgan fingerprint density at radius 2 is 0.982 bits per heavy atom.